The minimum absolute atomic E-state index is 0.0962. The average Bonchev–Trinajstić information content (AvgIpc) is 2.24. The topological polar surface area (TPSA) is 46.5 Å². The number of carbonyl (C=O) groups excluding carboxylic acids is 1. The fourth-order valence-corrected chi connectivity index (χ4v) is 3.59. The van der Waals surface area contributed by atoms with Crippen molar-refractivity contribution in [2.24, 2.45) is 0 Å². The number of hydrogen-bond acceptors (Lipinski definition) is 3. The van der Waals surface area contributed by atoms with Crippen LogP contribution in [0.15, 0.2) is 25.6 Å². The summed E-state index contributed by atoms with van der Waals surface area (Å²) in [6.45, 7) is 0.0962. The van der Waals surface area contributed by atoms with Gasteiger partial charge in [0.05, 0.1) is 8.95 Å². The highest BCUT2D eigenvalue weighted by Crippen LogP contribution is 2.36. The molecule has 6 heteroatoms. The molecule has 0 radical (unpaired) electrons. The third-order valence-corrected chi connectivity index (χ3v) is 3.60. The van der Waals surface area contributed by atoms with Crippen LogP contribution in [0.5, 0.6) is 5.75 Å². The summed E-state index contributed by atoms with van der Waals surface area (Å²) in [7, 11) is 0. The van der Waals surface area contributed by atoms with Gasteiger partial charge in [-0.25, -0.2) is 0 Å². The van der Waals surface area contributed by atoms with E-state index in [-0.39, 0.29) is 12.6 Å². The summed E-state index contributed by atoms with van der Waals surface area (Å²) in [6, 6.07) is 3.61. The Morgan fingerprint density at radius 3 is 2.29 bits per heavy atom. The molecule has 0 saturated carbocycles. The first-order valence-corrected chi connectivity index (χ1v) is 7.38. The maximum atomic E-state index is 11.5. The lowest BCUT2D eigenvalue weighted by Gasteiger charge is -2.09. The Morgan fingerprint density at radius 1 is 1.18 bits per heavy atom. The van der Waals surface area contributed by atoms with Gasteiger partial charge in [-0.15, -0.1) is 0 Å². The van der Waals surface area contributed by atoms with E-state index in [1.54, 1.807) is 12.1 Å². The zero-order valence-corrected chi connectivity index (χ0v) is 13.6. The van der Waals surface area contributed by atoms with Crippen molar-refractivity contribution in [1.82, 2.24) is 0 Å². The minimum atomic E-state index is -0.304. The van der Waals surface area contributed by atoms with Gasteiger partial charge in [-0.1, -0.05) is 15.9 Å². The molecule has 1 N–H and O–H groups in total. The summed E-state index contributed by atoms with van der Waals surface area (Å²) >= 11 is 10.00. The maximum Gasteiger partial charge on any atom is 0.311 e. The number of benzene rings is 1. The van der Waals surface area contributed by atoms with Crippen molar-refractivity contribution >= 4 is 53.8 Å². The second-order valence-electron chi connectivity index (χ2n) is 3.35. The highest BCUT2D eigenvalue weighted by atomic mass is 79.9. The van der Waals surface area contributed by atoms with Crippen LogP contribution in [0.1, 0.15) is 19.3 Å². The number of halogens is 3. The molecular weight excluding hydrogens is 420 g/mol. The molecular formula is C11H11Br3O3. The number of unbranched alkanes of at least 4 members (excludes halogenated alkanes) is 1. The van der Waals surface area contributed by atoms with Gasteiger partial charge >= 0.3 is 5.97 Å². The van der Waals surface area contributed by atoms with Crippen LogP contribution in [-0.4, -0.2) is 17.7 Å². The second kappa shape index (κ2) is 7.51. The van der Waals surface area contributed by atoms with Gasteiger partial charge in [0.15, 0.2) is 5.75 Å². The first kappa shape index (κ1) is 15.1. The largest absolute Gasteiger partial charge is 0.424 e. The monoisotopic (exact) mass is 428 g/mol. The molecule has 94 valence electrons. The number of aliphatic hydroxyl groups is 1. The molecule has 0 bridgehead atoms. The maximum absolute atomic E-state index is 11.5. The van der Waals surface area contributed by atoms with E-state index < -0.39 is 0 Å². The molecule has 0 atom stereocenters. The van der Waals surface area contributed by atoms with Gasteiger partial charge in [0, 0.05) is 17.5 Å². The zero-order valence-electron chi connectivity index (χ0n) is 8.88. The van der Waals surface area contributed by atoms with E-state index in [1.807, 2.05) is 0 Å². The Bertz CT molecular complexity index is 384. The first-order valence-electron chi connectivity index (χ1n) is 5.00. The fraction of sp³-hybridized carbons (Fsp3) is 0.364. The summed E-state index contributed by atoms with van der Waals surface area (Å²) in [5.74, 6) is 0.171. The number of hydrogen-bond donors (Lipinski definition) is 1. The average molecular weight is 431 g/mol. The molecule has 0 heterocycles. The molecule has 0 aliphatic heterocycles. The van der Waals surface area contributed by atoms with Gasteiger partial charge in [-0.3, -0.25) is 4.79 Å². The van der Waals surface area contributed by atoms with Crippen molar-refractivity contribution in [2.75, 3.05) is 6.61 Å². The minimum Gasteiger partial charge on any atom is -0.424 e. The van der Waals surface area contributed by atoms with Crippen molar-refractivity contribution < 1.29 is 14.6 Å². The fourth-order valence-electron chi connectivity index (χ4n) is 1.17. The zero-order chi connectivity index (χ0) is 12.8. The number of ether oxygens (including phenoxy) is 1. The quantitative estimate of drug-likeness (QED) is 0.435. The molecule has 0 unspecified atom stereocenters. The van der Waals surface area contributed by atoms with Gasteiger partial charge < -0.3 is 9.84 Å². The van der Waals surface area contributed by atoms with Crippen LogP contribution in [0.3, 0.4) is 0 Å². The molecule has 0 saturated heterocycles. The van der Waals surface area contributed by atoms with Crippen molar-refractivity contribution in [3.8, 4) is 5.75 Å². The highest BCUT2D eigenvalue weighted by Gasteiger charge is 2.12. The summed E-state index contributed by atoms with van der Waals surface area (Å²) in [5.41, 5.74) is 0. The number of carbonyl (C=O) groups is 1. The van der Waals surface area contributed by atoms with Crippen LogP contribution in [0.2, 0.25) is 0 Å². The second-order valence-corrected chi connectivity index (χ2v) is 5.98. The lowest BCUT2D eigenvalue weighted by molar-refractivity contribution is -0.134. The van der Waals surface area contributed by atoms with Gasteiger partial charge in [-0.05, 0) is 56.8 Å². The van der Waals surface area contributed by atoms with Crippen LogP contribution < -0.4 is 4.74 Å². The Labute approximate surface area is 125 Å². The lowest BCUT2D eigenvalue weighted by Crippen LogP contribution is -2.08. The highest BCUT2D eigenvalue weighted by molar-refractivity contribution is 9.11. The van der Waals surface area contributed by atoms with Crippen LogP contribution in [0.4, 0.5) is 0 Å². The molecule has 17 heavy (non-hydrogen) atoms. The summed E-state index contributed by atoms with van der Waals surface area (Å²) < 4.78 is 7.53. The smallest absolute Gasteiger partial charge is 0.311 e. The van der Waals surface area contributed by atoms with Crippen molar-refractivity contribution in [1.29, 1.82) is 0 Å². The Kier molecular flexibility index (Phi) is 6.69. The predicted molar refractivity (Wildman–Crippen MR) is 76.1 cm³/mol. The number of rotatable bonds is 5. The van der Waals surface area contributed by atoms with E-state index in [0.29, 0.717) is 34.0 Å². The van der Waals surface area contributed by atoms with Gasteiger partial charge in [0.25, 0.3) is 0 Å². The van der Waals surface area contributed by atoms with Crippen molar-refractivity contribution in [2.45, 2.75) is 19.3 Å². The van der Waals surface area contributed by atoms with E-state index in [0.717, 1.165) is 4.47 Å². The summed E-state index contributed by atoms with van der Waals surface area (Å²) in [6.07, 6.45) is 1.54. The third-order valence-electron chi connectivity index (χ3n) is 1.97. The Hall–Kier alpha value is 0.0900. The van der Waals surface area contributed by atoms with Crippen LogP contribution >= 0.6 is 47.8 Å². The normalized spacial score (nSPS) is 10.4. The molecule has 1 aromatic carbocycles. The Balaban J connectivity index is 2.65. The van der Waals surface area contributed by atoms with E-state index >= 15 is 0 Å². The van der Waals surface area contributed by atoms with Crippen LogP contribution in [0.25, 0.3) is 0 Å². The predicted octanol–water partition coefficient (Wildman–Crippen LogP) is 4.04. The van der Waals surface area contributed by atoms with E-state index in [4.69, 9.17) is 9.84 Å². The standard InChI is InChI=1S/C11H11Br3O3/c12-7-5-8(13)11(9(14)6-7)17-10(16)3-1-2-4-15/h5-6,15H,1-4H2. The molecule has 0 amide bonds. The summed E-state index contributed by atoms with van der Waals surface area (Å²) in [5, 5.41) is 8.62. The van der Waals surface area contributed by atoms with Gasteiger partial charge in [0.2, 0.25) is 0 Å². The van der Waals surface area contributed by atoms with Crippen molar-refractivity contribution in [3.63, 3.8) is 0 Å². The molecule has 1 aromatic rings. The Morgan fingerprint density at radius 2 is 1.76 bits per heavy atom. The van der Waals surface area contributed by atoms with Crippen LogP contribution in [-0.2, 0) is 4.79 Å². The molecule has 0 aliphatic carbocycles. The van der Waals surface area contributed by atoms with Gasteiger partial charge in [-0.2, -0.15) is 0 Å². The van der Waals surface area contributed by atoms with E-state index in [1.165, 1.54) is 0 Å². The SMILES string of the molecule is O=C(CCCCO)Oc1c(Br)cc(Br)cc1Br. The number of esters is 1. The molecule has 0 aliphatic rings. The number of aliphatic hydroxyl groups excluding tert-OH is 1. The molecule has 0 fully saturated rings. The first-order chi connectivity index (χ1) is 8.04. The molecule has 0 spiro atoms. The summed E-state index contributed by atoms with van der Waals surface area (Å²) in [4.78, 5) is 11.5. The van der Waals surface area contributed by atoms with E-state index in [2.05, 4.69) is 47.8 Å². The molecule has 1 rings (SSSR count). The lowest BCUT2D eigenvalue weighted by atomic mass is 10.2. The van der Waals surface area contributed by atoms with Crippen molar-refractivity contribution in [3.05, 3.63) is 25.6 Å². The van der Waals surface area contributed by atoms with E-state index in [9.17, 15) is 4.79 Å². The van der Waals surface area contributed by atoms with Gasteiger partial charge in [0.1, 0.15) is 0 Å². The van der Waals surface area contributed by atoms with Crippen LogP contribution in [0, 0.1) is 0 Å². The molecule has 3 nitrogen and oxygen atoms in total. The molecule has 0 aromatic heterocycles. The third kappa shape index (κ3) is 5.07.